The van der Waals surface area contributed by atoms with Gasteiger partial charge in [-0.05, 0) is 24.3 Å². The number of rotatable bonds is 9. The van der Waals surface area contributed by atoms with Gasteiger partial charge in [-0.3, -0.25) is 0 Å². The predicted molar refractivity (Wildman–Crippen MR) is 98.1 cm³/mol. The van der Waals surface area contributed by atoms with Gasteiger partial charge >= 0.3 is 5.97 Å². The van der Waals surface area contributed by atoms with E-state index in [1.165, 1.54) is 6.07 Å². The molecule has 0 radical (unpaired) electrons. The van der Waals surface area contributed by atoms with Crippen LogP contribution in [-0.4, -0.2) is 49.6 Å². The normalized spacial score (nSPS) is 10.8. The molecule has 146 valence electrons. The van der Waals surface area contributed by atoms with Crippen LogP contribution in [0.3, 0.4) is 0 Å². The Bertz CT molecular complexity index is 928. The van der Waals surface area contributed by atoms with Gasteiger partial charge in [0.25, 0.3) is 5.89 Å². The second-order valence-electron chi connectivity index (χ2n) is 5.72. The van der Waals surface area contributed by atoms with E-state index in [0.29, 0.717) is 24.3 Å². The molecule has 2 aromatic carbocycles. The average molecular weight is 386 g/mol. The van der Waals surface area contributed by atoms with E-state index >= 15 is 0 Å². The molecule has 3 rings (SSSR count). The molecule has 0 atom stereocenters. The molecule has 0 aliphatic rings. The molecule has 3 aromatic rings. The van der Waals surface area contributed by atoms with Crippen LogP contribution in [0.5, 0.6) is 0 Å². The SMILES string of the molecule is COCCOCCOC(=O)c1cccc(-c2noc(-c3ccccc3F)n2)c1. The van der Waals surface area contributed by atoms with E-state index in [-0.39, 0.29) is 30.5 Å². The molecule has 0 unspecified atom stereocenters. The van der Waals surface area contributed by atoms with E-state index in [2.05, 4.69) is 10.1 Å². The van der Waals surface area contributed by atoms with Crippen LogP contribution in [0, 0.1) is 5.82 Å². The van der Waals surface area contributed by atoms with Crippen LogP contribution in [0.1, 0.15) is 10.4 Å². The zero-order valence-electron chi connectivity index (χ0n) is 15.3. The standard InChI is InChI=1S/C20H19FN2O5/c1-25-9-10-26-11-12-27-20(24)15-6-4-5-14(13-15)18-22-19(28-23-18)16-7-2-3-8-17(16)21/h2-8,13H,9-12H2,1H3. The van der Waals surface area contributed by atoms with Crippen molar-refractivity contribution >= 4 is 5.97 Å². The summed E-state index contributed by atoms with van der Waals surface area (Å²) in [5, 5.41) is 3.87. The van der Waals surface area contributed by atoms with Crippen molar-refractivity contribution < 1.29 is 27.9 Å². The lowest BCUT2D eigenvalue weighted by Crippen LogP contribution is -2.12. The van der Waals surface area contributed by atoms with Gasteiger partial charge in [0, 0.05) is 12.7 Å². The summed E-state index contributed by atoms with van der Waals surface area (Å²) in [5.41, 5.74) is 1.11. The van der Waals surface area contributed by atoms with Crippen molar-refractivity contribution in [3.8, 4) is 22.8 Å². The van der Waals surface area contributed by atoms with Gasteiger partial charge < -0.3 is 18.7 Å². The summed E-state index contributed by atoms with van der Waals surface area (Å²) in [5.74, 6) is -0.636. The number of ether oxygens (including phenoxy) is 3. The number of carbonyl (C=O) groups is 1. The number of hydrogen-bond acceptors (Lipinski definition) is 7. The van der Waals surface area contributed by atoms with Gasteiger partial charge in [0.05, 0.1) is 30.9 Å². The third-order valence-corrected chi connectivity index (χ3v) is 3.78. The minimum atomic E-state index is -0.491. The second-order valence-corrected chi connectivity index (χ2v) is 5.72. The summed E-state index contributed by atoms with van der Waals surface area (Å²) in [7, 11) is 1.58. The molecule has 28 heavy (non-hydrogen) atoms. The Labute approximate surface area is 161 Å². The monoisotopic (exact) mass is 386 g/mol. The molecule has 0 spiro atoms. The minimum absolute atomic E-state index is 0.0642. The van der Waals surface area contributed by atoms with Gasteiger partial charge in [-0.25, -0.2) is 9.18 Å². The highest BCUT2D eigenvalue weighted by Crippen LogP contribution is 2.24. The first kappa shape index (κ1) is 19.7. The van der Waals surface area contributed by atoms with E-state index in [1.54, 1.807) is 49.6 Å². The summed E-state index contributed by atoms with van der Waals surface area (Å²) >= 11 is 0. The van der Waals surface area contributed by atoms with Gasteiger partial charge in [-0.1, -0.05) is 29.4 Å². The Morgan fingerprint density at radius 1 is 1.07 bits per heavy atom. The van der Waals surface area contributed by atoms with E-state index in [0.717, 1.165) is 0 Å². The molecule has 1 heterocycles. The summed E-state index contributed by atoms with van der Waals surface area (Å²) < 4.78 is 34.3. The third-order valence-electron chi connectivity index (χ3n) is 3.78. The van der Waals surface area contributed by atoms with Gasteiger partial charge in [0.1, 0.15) is 12.4 Å². The van der Waals surface area contributed by atoms with Gasteiger partial charge in [0.2, 0.25) is 5.82 Å². The predicted octanol–water partition coefficient (Wildman–Crippen LogP) is 3.36. The van der Waals surface area contributed by atoms with E-state index in [9.17, 15) is 9.18 Å². The van der Waals surface area contributed by atoms with Crippen molar-refractivity contribution in [1.82, 2.24) is 10.1 Å². The highest BCUT2D eigenvalue weighted by atomic mass is 19.1. The average Bonchev–Trinajstić information content (AvgIpc) is 3.21. The first-order chi connectivity index (χ1) is 13.7. The van der Waals surface area contributed by atoms with Crippen molar-refractivity contribution in [2.24, 2.45) is 0 Å². The van der Waals surface area contributed by atoms with Crippen LogP contribution in [0.4, 0.5) is 4.39 Å². The first-order valence-electron chi connectivity index (χ1n) is 8.62. The lowest BCUT2D eigenvalue weighted by Gasteiger charge is -2.06. The van der Waals surface area contributed by atoms with Crippen molar-refractivity contribution in [3.05, 3.63) is 59.9 Å². The Morgan fingerprint density at radius 3 is 2.71 bits per heavy atom. The van der Waals surface area contributed by atoms with Crippen LogP contribution >= 0.6 is 0 Å². The molecule has 0 amide bonds. The summed E-state index contributed by atoms with van der Waals surface area (Å²) in [6.45, 7) is 1.33. The molecule has 0 bridgehead atoms. The van der Waals surface area contributed by atoms with Crippen molar-refractivity contribution in [1.29, 1.82) is 0 Å². The van der Waals surface area contributed by atoms with Gasteiger partial charge in [0.15, 0.2) is 0 Å². The van der Waals surface area contributed by atoms with E-state index < -0.39 is 11.8 Å². The topological polar surface area (TPSA) is 83.7 Å². The minimum Gasteiger partial charge on any atom is -0.460 e. The van der Waals surface area contributed by atoms with Crippen molar-refractivity contribution in [2.45, 2.75) is 0 Å². The van der Waals surface area contributed by atoms with Crippen LogP contribution < -0.4 is 0 Å². The smallest absolute Gasteiger partial charge is 0.338 e. The maximum Gasteiger partial charge on any atom is 0.338 e. The zero-order valence-corrected chi connectivity index (χ0v) is 15.3. The van der Waals surface area contributed by atoms with E-state index in [4.69, 9.17) is 18.7 Å². The molecule has 1 aromatic heterocycles. The molecule has 0 saturated heterocycles. The summed E-state index contributed by atoms with van der Waals surface area (Å²) in [4.78, 5) is 16.4. The largest absolute Gasteiger partial charge is 0.460 e. The molecular formula is C20H19FN2O5. The number of carbonyl (C=O) groups excluding carboxylic acids is 1. The Morgan fingerprint density at radius 2 is 1.89 bits per heavy atom. The van der Waals surface area contributed by atoms with Crippen LogP contribution in [0.25, 0.3) is 22.8 Å². The summed E-state index contributed by atoms with van der Waals surface area (Å²) in [6, 6.07) is 12.7. The fourth-order valence-electron chi connectivity index (χ4n) is 2.39. The molecule has 0 saturated carbocycles. The van der Waals surface area contributed by atoms with Crippen LogP contribution in [0.15, 0.2) is 53.1 Å². The maximum absolute atomic E-state index is 13.9. The van der Waals surface area contributed by atoms with Crippen LogP contribution in [-0.2, 0) is 14.2 Å². The molecule has 0 fully saturated rings. The number of aromatic nitrogens is 2. The quantitative estimate of drug-likeness (QED) is 0.412. The Balaban J connectivity index is 1.65. The Kier molecular flexibility index (Phi) is 6.83. The lowest BCUT2D eigenvalue weighted by atomic mass is 10.1. The fourth-order valence-corrected chi connectivity index (χ4v) is 2.39. The van der Waals surface area contributed by atoms with Crippen molar-refractivity contribution in [3.63, 3.8) is 0 Å². The summed E-state index contributed by atoms with van der Waals surface area (Å²) in [6.07, 6.45) is 0. The highest BCUT2D eigenvalue weighted by Gasteiger charge is 2.15. The number of esters is 1. The Hall–Kier alpha value is -3.10. The van der Waals surface area contributed by atoms with E-state index in [1.807, 2.05) is 0 Å². The number of hydrogen-bond donors (Lipinski definition) is 0. The third kappa shape index (κ3) is 4.99. The number of methoxy groups -OCH3 is 1. The second kappa shape index (κ2) is 9.72. The molecule has 0 aliphatic heterocycles. The maximum atomic E-state index is 13.9. The van der Waals surface area contributed by atoms with Crippen molar-refractivity contribution in [2.75, 3.05) is 33.5 Å². The molecule has 8 heteroatoms. The van der Waals surface area contributed by atoms with Gasteiger partial charge in [-0.2, -0.15) is 4.98 Å². The number of nitrogens with zero attached hydrogens (tertiary/aromatic N) is 2. The van der Waals surface area contributed by atoms with Gasteiger partial charge in [-0.15, -0.1) is 0 Å². The number of halogens is 1. The van der Waals surface area contributed by atoms with Crippen LogP contribution in [0.2, 0.25) is 0 Å². The lowest BCUT2D eigenvalue weighted by molar-refractivity contribution is 0.0214. The molecule has 0 aliphatic carbocycles. The molecular weight excluding hydrogens is 367 g/mol. The zero-order chi connectivity index (χ0) is 19.8. The number of benzene rings is 2. The molecule has 0 N–H and O–H groups in total. The fraction of sp³-hybridized carbons (Fsp3) is 0.250. The first-order valence-corrected chi connectivity index (χ1v) is 8.62. The molecule has 7 nitrogen and oxygen atoms in total. The highest BCUT2D eigenvalue weighted by molar-refractivity contribution is 5.90.